The van der Waals surface area contributed by atoms with Gasteiger partial charge in [0.25, 0.3) is 5.91 Å². The summed E-state index contributed by atoms with van der Waals surface area (Å²) in [6.07, 6.45) is 1.11. The van der Waals surface area contributed by atoms with Crippen molar-refractivity contribution in [3.05, 3.63) is 88.9 Å². The summed E-state index contributed by atoms with van der Waals surface area (Å²) >= 11 is 5.84. The zero-order valence-corrected chi connectivity index (χ0v) is 17.1. The molecule has 0 aromatic heterocycles. The van der Waals surface area contributed by atoms with Crippen molar-refractivity contribution in [2.45, 2.75) is 19.4 Å². The van der Waals surface area contributed by atoms with Crippen LogP contribution < -0.4 is 15.0 Å². The molecule has 0 saturated heterocycles. The number of fused-ring (bicyclic) bond motifs is 1. The molecule has 6 heteroatoms. The van der Waals surface area contributed by atoms with E-state index >= 15 is 0 Å². The molecule has 0 fully saturated rings. The standard InChI is InChI=1S/C24H21ClN2O3/c25-19-7-10-21(11-8-19)30-16-23(28)26-20-9-12-22-18(14-20)6-13-24(29)27(22)15-17-4-2-1-3-5-17/h1-5,7-12,14H,6,13,15-16H2,(H,26,28). The highest BCUT2D eigenvalue weighted by atomic mass is 35.5. The van der Waals surface area contributed by atoms with Gasteiger partial charge in [-0.05, 0) is 60.0 Å². The first kappa shape index (κ1) is 20.0. The molecule has 1 N–H and O–H groups in total. The summed E-state index contributed by atoms with van der Waals surface area (Å²) in [7, 11) is 0. The summed E-state index contributed by atoms with van der Waals surface area (Å²) in [6.45, 7) is 0.435. The second-order valence-electron chi connectivity index (χ2n) is 7.10. The molecule has 3 aromatic carbocycles. The van der Waals surface area contributed by atoms with Crippen LogP contribution in [0.15, 0.2) is 72.8 Å². The Labute approximate surface area is 180 Å². The number of hydrogen-bond donors (Lipinski definition) is 1. The summed E-state index contributed by atoms with van der Waals surface area (Å²) in [4.78, 5) is 26.6. The van der Waals surface area contributed by atoms with Crippen molar-refractivity contribution in [3.63, 3.8) is 0 Å². The topological polar surface area (TPSA) is 58.6 Å². The molecule has 1 heterocycles. The van der Waals surface area contributed by atoms with Gasteiger partial charge < -0.3 is 15.0 Å². The number of aryl methyl sites for hydroxylation is 1. The van der Waals surface area contributed by atoms with Crippen LogP contribution in [0.1, 0.15) is 17.5 Å². The van der Waals surface area contributed by atoms with Crippen molar-refractivity contribution < 1.29 is 14.3 Å². The number of halogens is 1. The molecule has 30 heavy (non-hydrogen) atoms. The Morgan fingerprint density at radius 1 is 1.00 bits per heavy atom. The van der Waals surface area contributed by atoms with Crippen molar-refractivity contribution >= 4 is 34.8 Å². The number of carbonyl (C=O) groups excluding carboxylic acids is 2. The Kier molecular flexibility index (Phi) is 6.00. The minimum absolute atomic E-state index is 0.0999. The molecular formula is C24H21ClN2O3. The molecule has 0 radical (unpaired) electrons. The Morgan fingerprint density at radius 3 is 2.53 bits per heavy atom. The van der Waals surface area contributed by atoms with Crippen molar-refractivity contribution in [3.8, 4) is 5.75 Å². The lowest BCUT2D eigenvalue weighted by molar-refractivity contribution is -0.119. The molecule has 2 amide bonds. The zero-order chi connectivity index (χ0) is 20.9. The van der Waals surface area contributed by atoms with Gasteiger partial charge in [0.15, 0.2) is 6.61 Å². The molecule has 0 unspecified atom stereocenters. The molecule has 0 aliphatic carbocycles. The third-order valence-corrected chi connectivity index (χ3v) is 5.18. The summed E-state index contributed by atoms with van der Waals surface area (Å²) in [6, 6.07) is 22.4. The number of nitrogens with one attached hydrogen (secondary N) is 1. The summed E-state index contributed by atoms with van der Waals surface area (Å²) < 4.78 is 5.48. The van der Waals surface area contributed by atoms with E-state index < -0.39 is 0 Å². The van der Waals surface area contributed by atoms with Crippen molar-refractivity contribution in [1.82, 2.24) is 0 Å². The Hall–Kier alpha value is -3.31. The number of hydrogen-bond acceptors (Lipinski definition) is 3. The third kappa shape index (κ3) is 4.81. The van der Waals surface area contributed by atoms with Crippen molar-refractivity contribution in [1.29, 1.82) is 0 Å². The van der Waals surface area contributed by atoms with E-state index in [0.29, 0.717) is 35.8 Å². The second kappa shape index (κ2) is 9.01. The zero-order valence-electron chi connectivity index (χ0n) is 16.3. The van der Waals surface area contributed by atoms with Gasteiger partial charge >= 0.3 is 0 Å². The molecule has 3 aromatic rings. The molecular weight excluding hydrogens is 400 g/mol. The Morgan fingerprint density at radius 2 is 1.77 bits per heavy atom. The molecule has 1 aliphatic rings. The van der Waals surface area contributed by atoms with Crippen LogP contribution in [0.3, 0.4) is 0 Å². The quantitative estimate of drug-likeness (QED) is 0.621. The molecule has 5 nitrogen and oxygen atoms in total. The maximum Gasteiger partial charge on any atom is 0.262 e. The molecule has 1 aliphatic heterocycles. The number of anilines is 2. The summed E-state index contributed by atoms with van der Waals surface area (Å²) in [5.74, 6) is 0.437. The van der Waals surface area contributed by atoms with Gasteiger partial charge in [-0.1, -0.05) is 41.9 Å². The number of benzene rings is 3. The fraction of sp³-hybridized carbons (Fsp3) is 0.167. The molecule has 0 atom stereocenters. The van der Waals surface area contributed by atoms with Crippen LogP contribution >= 0.6 is 11.6 Å². The van der Waals surface area contributed by atoms with E-state index in [0.717, 1.165) is 16.8 Å². The van der Waals surface area contributed by atoms with Crippen LogP contribution in [-0.2, 0) is 22.6 Å². The minimum atomic E-state index is -0.252. The van der Waals surface area contributed by atoms with Gasteiger partial charge in [0.1, 0.15) is 5.75 Å². The van der Waals surface area contributed by atoms with Gasteiger partial charge in [0.05, 0.1) is 6.54 Å². The molecule has 152 valence electrons. The highest BCUT2D eigenvalue weighted by molar-refractivity contribution is 6.30. The predicted octanol–water partition coefficient (Wildman–Crippen LogP) is 4.84. The van der Waals surface area contributed by atoms with Gasteiger partial charge in [0, 0.05) is 22.8 Å². The number of ether oxygens (including phenoxy) is 1. The average molecular weight is 421 g/mol. The van der Waals surface area contributed by atoms with E-state index in [2.05, 4.69) is 5.32 Å². The van der Waals surface area contributed by atoms with Crippen LogP contribution in [0.4, 0.5) is 11.4 Å². The smallest absolute Gasteiger partial charge is 0.262 e. The van der Waals surface area contributed by atoms with Crippen LogP contribution in [0.25, 0.3) is 0 Å². The maximum absolute atomic E-state index is 12.5. The lowest BCUT2D eigenvalue weighted by Crippen LogP contribution is -2.34. The van der Waals surface area contributed by atoms with Crippen molar-refractivity contribution in [2.24, 2.45) is 0 Å². The van der Waals surface area contributed by atoms with Gasteiger partial charge in [0.2, 0.25) is 5.91 Å². The Balaban J connectivity index is 1.42. The molecule has 4 rings (SSSR count). The van der Waals surface area contributed by atoms with E-state index in [1.165, 1.54) is 0 Å². The minimum Gasteiger partial charge on any atom is -0.484 e. The number of carbonyl (C=O) groups is 2. The second-order valence-corrected chi connectivity index (χ2v) is 7.54. The molecule has 0 spiro atoms. The van der Waals surface area contributed by atoms with Crippen LogP contribution in [0.2, 0.25) is 5.02 Å². The maximum atomic E-state index is 12.5. The average Bonchev–Trinajstić information content (AvgIpc) is 2.76. The summed E-state index contributed by atoms with van der Waals surface area (Å²) in [5.41, 5.74) is 3.70. The summed E-state index contributed by atoms with van der Waals surface area (Å²) in [5, 5.41) is 3.47. The van der Waals surface area contributed by atoms with E-state index in [1.54, 1.807) is 24.3 Å². The molecule has 0 saturated carbocycles. The first-order valence-electron chi connectivity index (χ1n) is 9.74. The Bertz CT molecular complexity index is 1050. The van der Waals surface area contributed by atoms with E-state index in [1.807, 2.05) is 53.4 Å². The van der Waals surface area contributed by atoms with Gasteiger partial charge in [-0.25, -0.2) is 0 Å². The predicted molar refractivity (Wildman–Crippen MR) is 118 cm³/mol. The van der Waals surface area contributed by atoms with Crippen LogP contribution in [0.5, 0.6) is 5.75 Å². The fourth-order valence-electron chi connectivity index (χ4n) is 3.45. The van der Waals surface area contributed by atoms with Crippen LogP contribution in [-0.4, -0.2) is 18.4 Å². The fourth-order valence-corrected chi connectivity index (χ4v) is 3.58. The number of rotatable bonds is 6. The number of amides is 2. The lowest BCUT2D eigenvalue weighted by Gasteiger charge is -2.30. The number of nitrogens with zero attached hydrogens (tertiary/aromatic N) is 1. The van der Waals surface area contributed by atoms with Gasteiger partial charge in [-0.3, -0.25) is 9.59 Å². The van der Waals surface area contributed by atoms with Gasteiger partial charge in [-0.15, -0.1) is 0 Å². The van der Waals surface area contributed by atoms with E-state index in [4.69, 9.17) is 16.3 Å². The third-order valence-electron chi connectivity index (χ3n) is 4.93. The first-order chi connectivity index (χ1) is 14.6. The molecule has 0 bridgehead atoms. The first-order valence-corrected chi connectivity index (χ1v) is 10.1. The lowest BCUT2D eigenvalue weighted by atomic mass is 9.99. The van der Waals surface area contributed by atoms with Gasteiger partial charge in [-0.2, -0.15) is 0 Å². The monoisotopic (exact) mass is 420 g/mol. The highest BCUT2D eigenvalue weighted by Gasteiger charge is 2.24. The SMILES string of the molecule is O=C(COc1ccc(Cl)cc1)Nc1ccc2c(c1)CCC(=O)N2Cc1ccccc1. The largest absolute Gasteiger partial charge is 0.484 e. The highest BCUT2D eigenvalue weighted by Crippen LogP contribution is 2.31. The van der Waals surface area contributed by atoms with E-state index in [-0.39, 0.29) is 18.4 Å². The van der Waals surface area contributed by atoms with Crippen molar-refractivity contribution in [2.75, 3.05) is 16.8 Å². The van der Waals surface area contributed by atoms with Crippen LogP contribution in [0, 0.1) is 0 Å². The van der Waals surface area contributed by atoms with E-state index in [9.17, 15) is 9.59 Å². The normalized spacial score (nSPS) is 13.0.